The lowest BCUT2D eigenvalue weighted by Gasteiger charge is -2.10. The van der Waals surface area contributed by atoms with Gasteiger partial charge in [0.05, 0.1) is 33.9 Å². The summed E-state index contributed by atoms with van der Waals surface area (Å²) < 4.78 is 2.12. The lowest BCUT2D eigenvalue weighted by atomic mass is 10.1. The second-order valence-electron chi connectivity index (χ2n) is 6.52. The Bertz CT molecular complexity index is 1440. The van der Waals surface area contributed by atoms with E-state index < -0.39 is 0 Å². The molecule has 4 aromatic carbocycles. The van der Waals surface area contributed by atoms with Gasteiger partial charge in [0.1, 0.15) is 6.07 Å². The number of hydrogen-bond acceptors (Lipinski definition) is 2. The van der Waals surface area contributed by atoms with Crippen LogP contribution in [-0.2, 0) is 0 Å². The Morgan fingerprint density at radius 1 is 0.630 bits per heavy atom. The molecule has 3 heteroatoms. The molecule has 5 aromatic rings. The summed E-state index contributed by atoms with van der Waals surface area (Å²) in [5, 5.41) is 23.5. The minimum Gasteiger partial charge on any atom is -0.308 e. The van der Waals surface area contributed by atoms with E-state index in [2.05, 4.69) is 53.1 Å². The quantitative estimate of drug-likeness (QED) is 0.393. The molecular formula is C24H13N3. The van der Waals surface area contributed by atoms with Crippen LogP contribution in [0, 0.1) is 22.7 Å². The fourth-order valence-corrected chi connectivity index (χ4v) is 3.80. The third-order valence-corrected chi connectivity index (χ3v) is 5.03. The fraction of sp³-hybridized carbons (Fsp3) is 0. The van der Waals surface area contributed by atoms with E-state index >= 15 is 0 Å². The van der Waals surface area contributed by atoms with Gasteiger partial charge >= 0.3 is 0 Å². The smallest absolute Gasteiger partial charge is 0.101 e. The summed E-state index contributed by atoms with van der Waals surface area (Å²) in [5.74, 6) is 0. The monoisotopic (exact) mass is 343 g/mol. The van der Waals surface area contributed by atoms with Crippen LogP contribution in [0.25, 0.3) is 38.3 Å². The molecule has 1 heterocycles. The van der Waals surface area contributed by atoms with Crippen molar-refractivity contribution in [1.82, 2.24) is 4.57 Å². The van der Waals surface area contributed by atoms with E-state index in [4.69, 9.17) is 0 Å². The molecule has 0 amide bonds. The first-order valence-electron chi connectivity index (χ1n) is 8.67. The number of aromatic nitrogens is 1. The maximum atomic E-state index is 9.68. The summed E-state index contributed by atoms with van der Waals surface area (Å²) in [5.41, 5.74) is 3.87. The first kappa shape index (κ1) is 15.2. The molecule has 3 nitrogen and oxygen atoms in total. The zero-order valence-corrected chi connectivity index (χ0v) is 14.3. The van der Waals surface area contributed by atoms with Crippen LogP contribution in [0.4, 0.5) is 0 Å². The summed E-state index contributed by atoms with van der Waals surface area (Å²) >= 11 is 0. The van der Waals surface area contributed by atoms with Crippen molar-refractivity contribution >= 4 is 32.6 Å². The summed E-state index contributed by atoms with van der Waals surface area (Å²) in [7, 11) is 0. The third kappa shape index (κ3) is 2.20. The van der Waals surface area contributed by atoms with Gasteiger partial charge in [-0.05, 0) is 47.2 Å². The fourth-order valence-electron chi connectivity index (χ4n) is 3.80. The molecule has 0 radical (unpaired) electrons. The molecule has 0 aliphatic rings. The van der Waals surface area contributed by atoms with Gasteiger partial charge in [-0.15, -0.1) is 0 Å². The molecule has 0 aliphatic heterocycles. The van der Waals surface area contributed by atoms with Crippen LogP contribution in [0.15, 0.2) is 78.9 Å². The van der Waals surface area contributed by atoms with Crippen LogP contribution >= 0.6 is 0 Å². The number of nitrogens with zero attached hydrogens (tertiary/aromatic N) is 3. The third-order valence-electron chi connectivity index (χ3n) is 5.03. The number of nitriles is 2. The van der Waals surface area contributed by atoms with Gasteiger partial charge in [-0.3, -0.25) is 0 Å². The zero-order chi connectivity index (χ0) is 18.4. The number of fused-ring (bicyclic) bond motifs is 4. The van der Waals surface area contributed by atoms with Crippen LogP contribution in [0.2, 0.25) is 0 Å². The van der Waals surface area contributed by atoms with Crippen LogP contribution in [0.3, 0.4) is 0 Å². The van der Waals surface area contributed by atoms with Crippen molar-refractivity contribution in [3.05, 3.63) is 90.0 Å². The Morgan fingerprint density at radius 2 is 1.37 bits per heavy atom. The average Bonchev–Trinajstić information content (AvgIpc) is 3.05. The van der Waals surface area contributed by atoms with Gasteiger partial charge in [0.2, 0.25) is 0 Å². The standard InChI is InChI=1S/C24H13N3/c25-14-16-9-10-22(19(11-16)15-26)27-23-8-4-3-7-20(23)21-12-17-5-1-2-6-18(17)13-24(21)27/h1-13H. The highest BCUT2D eigenvalue weighted by Crippen LogP contribution is 2.35. The van der Waals surface area contributed by atoms with Crippen molar-refractivity contribution in [2.45, 2.75) is 0 Å². The molecule has 124 valence electrons. The molecule has 0 aliphatic carbocycles. The molecule has 0 N–H and O–H groups in total. The van der Waals surface area contributed by atoms with E-state index in [0.717, 1.165) is 32.9 Å². The van der Waals surface area contributed by atoms with Crippen molar-refractivity contribution in [2.75, 3.05) is 0 Å². The Kier molecular flexibility index (Phi) is 3.22. The van der Waals surface area contributed by atoms with Gasteiger partial charge in [-0.25, -0.2) is 0 Å². The van der Waals surface area contributed by atoms with E-state index in [-0.39, 0.29) is 0 Å². The molecule has 0 unspecified atom stereocenters. The molecule has 27 heavy (non-hydrogen) atoms. The SMILES string of the molecule is N#Cc1ccc(-n2c3ccccc3c3cc4ccccc4cc32)c(C#N)c1. The first-order chi connectivity index (χ1) is 13.3. The largest absolute Gasteiger partial charge is 0.308 e. The van der Waals surface area contributed by atoms with Crippen LogP contribution in [0.5, 0.6) is 0 Å². The van der Waals surface area contributed by atoms with Gasteiger partial charge in [0.15, 0.2) is 0 Å². The second kappa shape index (κ2) is 5.73. The summed E-state index contributed by atoms with van der Waals surface area (Å²) in [6.45, 7) is 0. The molecular weight excluding hydrogens is 330 g/mol. The lowest BCUT2D eigenvalue weighted by Crippen LogP contribution is -1.98. The van der Waals surface area contributed by atoms with E-state index in [1.54, 1.807) is 12.1 Å². The van der Waals surface area contributed by atoms with E-state index in [1.165, 1.54) is 5.39 Å². The van der Waals surface area contributed by atoms with E-state index in [1.807, 2.05) is 30.3 Å². The van der Waals surface area contributed by atoms with Crippen LogP contribution < -0.4 is 0 Å². The van der Waals surface area contributed by atoms with E-state index in [9.17, 15) is 10.5 Å². The topological polar surface area (TPSA) is 52.5 Å². The Labute approximate surface area is 155 Å². The Hall–Kier alpha value is -4.08. The van der Waals surface area contributed by atoms with Crippen LogP contribution in [-0.4, -0.2) is 4.57 Å². The van der Waals surface area contributed by atoms with Crippen molar-refractivity contribution in [2.24, 2.45) is 0 Å². The summed E-state index contributed by atoms with van der Waals surface area (Å²) in [4.78, 5) is 0. The van der Waals surface area contributed by atoms with E-state index in [0.29, 0.717) is 11.1 Å². The Morgan fingerprint density at radius 3 is 2.15 bits per heavy atom. The highest BCUT2D eigenvalue weighted by molar-refractivity contribution is 6.13. The molecule has 0 saturated carbocycles. The maximum Gasteiger partial charge on any atom is 0.101 e. The molecule has 0 fully saturated rings. The maximum absolute atomic E-state index is 9.68. The molecule has 0 bridgehead atoms. The minimum absolute atomic E-state index is 0.488. The highest BCUT2D eigenvalue weighted by atomic mass is 15.0. The minimum atomic E-state index is 0.488. The first-order valence-corrected chi connectivity index (χ1v) is 8.67. The van der Waals surface area contributed by atoms with Gasteiger partial charge in [0, 0.05) is 10.8 Å². The molecule has 5 rings (SSSR count). The number of hydrogen-bond donors (Lipinski definition) is 0. The van der Waals surface area contributed by atoms with Crippen molar-refractivity contribution in [3.8, 4) is 17.8 Å². The normalized spacial score (nSPS) is 10.9. The highest BCUT2D eigenvalue weighted by Gasteiger charge is 2.15. The van der Waals surface area contributed by atoms with Gasteiger partial charge < -0.3 is 4.57 Å². The van der Waals surface area contributed by atoms with Crippen molar-refractivity contribution in [1.29, 1.82) is 10.5 Å². The predicted molar refractivity (Wildman–Crippen MR) is 108 cm³/mol. The summed E-state index contributed by atoms with van der Waals surface area (Å²) in [6, 6.07) is 30.5. The van der Waals surface area contributed by atoms with Crippen molar-refractivity contribution < 1.29 is 0 Å². The number of benzene rings is 4. The lowest BCUT2D eigenvalue weighted by molar-refractivity contribution is 1.17. The van der Waals surface area contributed by atoms with Crippen molar-refractivity contribution in [3.63, 3.8) is 0 Å². The van der Waals surface area contributed by atoms with Gasteiger partial charge in [0.25, 0.3) is 0 Å². The number of rotatable bonds is 1. The summed E-state index contributed by atoms with van der Waals surface area (Å²) in [6.07, 6.45) is 0. The number of para-hydroxylation sites is 1. The zero-order valence-electron chi connectivity index (χ0n) is 14.3. The Balaban J connectivity index is 1.98. The molecule has 0 spiro atoms. The second-order valence-corrected chi connectivity index (χ2v) is 6.52. The predicted octanol–water partition coefficient (Wildman–Crippen LogP) is 5.68. The molecule has 1 aromatic heterocycles. The molecule has 0 atom stereocenters. The molecule has 0 saturated heterocycles. The average molecular weight is 343 g/mol. The van der Waals surface area contributed by atoms with Gasteiger partial charge in [-0.1, -0.05) is 42.5 Å². The van der Waals surface area contributed by atoms with Gasteiger partial charge in [-0.2, -0.15) is 10.5 Å². The van der Waals surface area contributed by atoms with Crippen LogP contribution in [0.1, 0.15) is 11.1 Å².